The van der Waals surface area contributed by atoms with Crippen molar-refractivity contribution in [2.75, 3.05) is 6.61 Å². The van der Waals surface area contributed by atoms with Crippen LogP contribution in [0.2, 0.25) is 0 Å². The second-order valence-corrected chi connectivity index (χ2v) is 8.40. The molecule has 0 spiro atoms. The first-order valence-corrected chi connectivity index (χ1v) is 10.6. The SMILES string of the molecule is CC(C)Oc1ccc(Cc2cn([C@@H]3O[C@H](CO)[C@@H](O)[C@H](O)[C@H]3O)c3c(F)cccc23)cc1. The lowest BCUT2D eigenvalue weighted by Crippen LogP contribution is -2.56. The van der Waals surface area contributed by atoms with Crippen molar-refractivity contribution < 1.29 is 34.3 Å². The normalized spacial score (nSPS) is 26.1. The molecule has 0 saturated carbocycles. The van der Waals surface area contributed by atoms with E-state index in [0.717, 1.165) is 16.9 Å². The molecule has 0 bridgehead atoms. The third-order valence-electron chi connectivity index (χ3n) is 5.72. The molecule has 8 heteroatoms. The number of para-hydroxylation sites is 1. The minimum atomic E-state index is -1.55. The fourth-order valence-corrected chi connectivity index (χ4v) is 4.17. The molecule has 2 aromatic carbocycles. The van der Waals surface area contributed by atoms with Gasteiger partial charge in [0, 0.05) is 11.6 Å². The maximum atomic E-state index is 14.9. The van der Waals surface area contributed by atoms with Gasteiger partial charge in [-0.3, -0.25) is 0 Å². The van der Waals surface area contributed by atoms with E-state index in [0.29, 0.717) is 11.8 Å². The Kier molecular flexibility index (Phi) is 6.50. The second kappa shape index (κ2) is 9.17. The van der Waals surface area contributed by atoms with Crippen LogP contribution in [0.4, 0.5) is 4.39 Å². The molecule has 3 aromatic rings. The van der Waals surface area contributed by atoms with Gasteiger partial charge in [-0.05, 0) is 49.6 Å². The Morgan fingerprint density at radius 2 is 1.75 bits per heavy atom. The highest BCUT2D eigenvalue weighted by atomic mass is 19.1. The molecule has 0 unspecified atom stereocenters. The Bertz CT molecular complexity index is 1060. The van der Waals surface area contributed by atoms with Crippen molar-refractivity contribution in [3.63, 3.8) is 0 Å². The van der Waals surface area contributed by atoms with Crippen LogP contribution in [-0.4, -0.2) is 62.1 Å². The van der Waals surface area contributed by atoms with Gasteiger partial charge in [-0.1, -0.05) is 24.3 Å². The summed E-state index contributed by atoms with van der Waals surface area (Å²) >= 11 is 0. The second-order valence-electron chi connectivity index (χ2n) is 8.40. The Morgan fingerprint density at radius 3 is 2.41 bits per heavy atom. The first-order valence-electron chi connectivity index (χ1n) is 10.6. The molecular weight excluding hydrogens is 417 g/mol. The van der Waals surface area contributed by atoms with Crippen LogP contribution in [0.3, 0.4) is 0 Å². The Morgan fingerprint density at radius 1 is 1.03 bits per heavy atom. The van der Waals surface area contributed by atoms with E-state index >= 15 is 0 Å². The first-order chi connectivity index (χ1) is 15.3. The van der Waals surface area contributed by atoms with Crippen LogP contribution < -0.4 is 4.74 Å². The molecule has 32 heavy (non-hydrogen) atoms. The fourth-order valence-electron chi connectivity index (χ4n) is 4.17. The van der Waals surface area contributed by atoms with Gasteiger partial charge in [-0.25, -0.2) is 4.39 Å². The van der Waals surface area contributed by atoms with Gasteiger partial charge in [-0.2, -0.15) is 0 Å². The van der Waals surface area contributed by atoms with Gasteiger partial charge in [0.1, 0.15) is 36.0 Å². The zero-order valence-corrected chi connectivity index (χ0v) is 17.9. The van der Waals surface area contributed by atoms with Gasteiger partial charge in [0.25, 0.3) is 0 Å². The lowest BCUT2D eigenvalue weighted by Gasteiger charge is -2.40. The number of rotatable bonds is 6. The lowest BCUT2D eigenvalue weighted by molar-refractivity contribution is -0.250. The third-order valence-corrected chi connectivity index (χ3v) is 5.72. The number of halogens is 1. The first kappa shape index (κ1) is 22.7. The molecule has 4 N–H and O–H groups in total. The zero-order chi connectivity index (χ0) is 23.0. The minimum absolute atomic E-state index is 0.0698. The van der Waals surface area contributed by atoms with Crippen LogP contribution in [0, 0.1) is 5.82 Å². The van der Waals surface area contributed by atoms with E-state index in [1.165, 1.54) is 10.6 Å². The number of nitrogens with zero attached hydrogens (tertiary/aromatic N) is 1. The monoisotopic (exact) mass is 445 g/mol. The van der Waals surface area contributed by atoms with Crippen molar-refractivity contribution >= 4 is 10.9 Å². The van der Waals surface area contributed by atoms with Crippen LogP contribution in [0.5, 0.6) is 5.75 Å². The lowest BCUT2D eigenvalue weighted by atomic mass is 9.98. The molecule has 0 radical (unpaired) electrons. The van der Waals surface area contributed by atoms with Crippen LogP contribution in [0.25, 0.3) is 10.9 Å². The van der Waals surface area contributed by atoms with Gasteiger partial charge in [0.15, 0.2) is 6.23 Å². The van der Waals surface area contributed by atoms with Gasteiger partial charge in [-0.15, -0.1) is 0 Å². The van der Waals surface area contributed by atoms with Crippen LogP contribution in [0.1, 0.15) is 31.2 Å². The Balaban J connectivity index is 1.71. The minimum Gasteiger partial charge on any atom is -0.491 e. The van der Waals surface area contributed by atoms with E-state index < -0.39 is 43.1 Å². The average molecular weight is 445 g/mol. The molecule has 1 saturated heterocycles. The molecular formula is C24H28FNO6. The van der Waals surface area contributed by atoms with E-state index in [-0.39, 0.29) is 11.6 Å². The van der Waals surface area contributed by atoms with Gasteiger partial charge in [0.05, 0.1) is 18.2 Å². The number of aliphatic hydroxyl groups is 4. The molecule has 1 aliphatic heterocycles. The fraction of sp³-hybridized carbons (Fsp3) is 0.417. The number of aromatic nitrogens is 1. The Labute approximate surface area is 185 Å². The third kappa shape index (κ3) is 4.24. The summed E-state index contributed by atoms with van der Waals surface area (Å²) in [5.74, 6) is 0.255. The average Bonchev–Trinajstić information content (AvgIpc) is 3.13. The summed E-state index contributed by atoms with van der Waals surface area (Å²) in [7, 11) is 0. The maximum absolute atomic E-state index is 14.9. The highest BCUT2D eigenvalue weighted by Gasteiger charge is 2.44. The molecule has 4 rings (SSSR count). The van der Waals surface area contributed by atoms with Gasteiger partial charge in [0.2, 0.25) is 0 Å². The summed E-state index contributed by atoms with van der Waals surface area (Å²) < 4.78 is 27.6. The predicted octanol–water partition coefficient (Wildman–Crippen LogP) is 2.13. The van der Waals surface area contributed by atoms with Gasteiger partial charge >= 0.3 is 0 Å². The maximum Gasteiger partial charge on any atom is 0.163 e. The number of benzene rings is 2. The summed E-state index contributed by atoms with van der Waals surface area (Å²) in [5.41, 5.74) is 2.00. The largest absolute Gasteiger partial charge is 0.491 e. The van der Waals surface area contributed by atoms with Crippen LogP contribution >= 0.6 is 0 Å². The highest BCUT2D eigenvalue weighted by Crippen LogP contribution is 2.35. The number of aliphatic hydroxyl groups excluding tert-OH is 4. The quantitative estimate of drug-likeness (QED) is 0.464. The van der Waals surface area contributed by atoms with Crippen molar-refractivity contribution in [2.24, 2.45) is 0 Å². The van der Waals surface area contributed by atoms with E-state index in [1.807, 2.05) is 38.1 Å². The summed E-state index contributed by atoms with van der Waals surface area (Å²) in [6.07, 6.45) is -4.56. The number of hydrogen-bond donors (Lipinski definition) is 4. The summed E-state index contributed by atoms with van der Waals surface area (Å²) in [6, 6.07) is 12.3. The van der Waals surface area contributed by atoms with E-state index in [1.54, 1.807) is 18.3 Å². The van der Waals surface area contributed by atoms with E-state index in [4.69, 9.17) is 9.47 Å². The highest BCUT2D eigenvalue weighted by molar-refractivity contribution is 5.85. The molecule has 1 aromatic heterocycles. The zero-order valence-electron chi connectivity index (χ0n) is 17.9. The summed E-state index contributed by atoms with van der Waals surface area (Å²) in [5, 5.41) is 41.0. The van der Waals surface area contributed by atoms with Crippen molar-refractivity contribution in [2.45, 2.75) is 57.0 Å². The number of hydrogen-bond acceptors (Lipinski definition) is 6. The molecule has 5 atom stereocenters. The summed E-state index contributed by atoms with van der Waals surface area (Å²) in [4.78, 5) is 0. The van der Waals surface area contributed by atoms with Crippen molar-refractivity contribution in [1.29, 1.82) is 0 Å². The Hall–Kier alpha value is -2.49. The molecule has 1 fully saturated rings. The van der Waals surface area contributed by atoms with Gasteiger partial charge < -0.3 is 34.5 Å². The standard InChI is InChI=1S/C24H28FNO6/c1-13(2)31-16-8-6-14(7-9-16)10-15-11-26(20-17(15)4-3-5-18(20)25)24-23(30)22(29)21(28)19(12-27)32-24/h3-9,11,13,19,21-24,27-30H,10,12H2,1-2H3/t19-,21-,22+,23-,24-/m1/s1. The molecule has 7 nitrogen and oxygen atoms in total. The summed E-state index contributed by atoms with van der Waals surface area (Å²) in [6.45, 7) is 3.35. The molecule has 0 aliphatic carbocycles. The predicted molar refractivity (Wildman–Crippen MR) is 116 cm³/mol. The smallest absolute Gasteiger partial charge is 0.163 e. The van der Waals surface area contributed by atoms with Crippen molar-refractivity contribution in [3.8, 4) is 5.75 Å². The van der Waals surface area contributed by atoms with Crippen LogP contribution in [0.15, 0.2) is 48.7 Å². The molecule has 0 amide bonds. The van der Waals surface area contributed by atoms with E-state index in [9.17, 15) is 24.8 Å². The van der Waals surface area contributed by atoms with Crippen LogP contribution in [-0.2, 0) is 11.2 Å². The number of ether oxygens (including phenoxy) is 2. The van der Waals surface area contributed by atoms with Crippen molar-refractivity contribution in [1.82, 2.24) is 4.57 Å². The topological polar surface area (TPSA) is 104 Å². The molecule has 172 valence electrons. The van der Waals surface area contributed by atoms with E-state index in [2.05, 4.69) is 0 Å². The molecule has 1 aliphatic rings. The van der Waals surface area contributed by atoms with Crippen molar-refractivity contribution in [3.05, 3.63) is 65.6 Å². The molecule has 2 heterocycles. The number of fused-ring (bicyclic) bond motifs is 1.